The van der Waals surface area contributed by atoms with Gasteiger partial charge in [-0.1, -0.05) is 111 Å². The Morgan fingerprint density at radius 2 is 0.575 bits per heavy atom. The van der Waals surface area contributed by atoms with E-state index in [9.17, 15) is 19.2 Å². The fourth-order valence-corrected chi connectivity index (χ4v) is 18.8. The Kier molecular flexibility index (Phi) is 28.0. The fraction of sp³-hybridized carbons (Fsp3) is 0.708. The van der Waals surface area contributed by atoms with Gasteiger partial charge in [-0.05, 0) is 192 Å². The van der Waals surface area contributed by atoms with Crippen LogP contribution < -0.4 is 60.8 Å². The Bertz CT molecular complexity index is 4490. The quantitative estimate of drug-likeness (QED) is 0.0303. The van der Waals surface area contributed by atoms with Crippen molar-refractivity contribution in [3.05, 3.63) is 93.0 Å². The van der Waals surface area contributed by atoms with E-state index in [1.165, 1.54) is 32.5 Å². The number of carbonyl (C=O) groups is 4. The molecule has 0 amide bonds. The number of nitrogens with two attached hydrogens (primary N) is 4. The molecule has 672 valence electrons. The molecule has 24 heteroatoms. The molecule has 4 aromatic rings. The molecule has 0 aliphatic carbocycles. The summed E-state index contributed by atoms with van der Waals surface area (Å²) >= 11 is 0. The molecular weight excluding hydrogens is 1520 g/mol. The van der Waals surface area contributed by atoms with E-state index in [1.807, 2.05) is 58.6 Å². The maximum Gasteiger partial charge on any atom is 0.323 e. The molecule has 0 bridgehead atoms. The summed E-state index contributed by atoms with van der Waals surface area (Å²) in [6.07, 6.45) is 4.10. The molecule has 4 saturated heterocycles. The van der Waals surface area contributed by atoms with Gasteiger partial charge in [-0.2, -0.15) is 0 Å². The molecule has 1 unspecified atom stereocenters. The third kappa shape index (κ3) is 23.8. The average Bonchev–Trinajstić information content (AvgIpc) is 0.735. The molecule has 0 saturated carbocycles. The lowest BCUT2D eigenvalue weighted by molar-refractivity contribution is -0.161. The van der Waals surface area contributed by atoms with Crippen LogP contribution in [0.4, 0.5) is 0 Å². The Labute approximate surface area is 739 Å². The normalized spacial score (nSPS) is 27.8. The number of ether oxygens (including phenoxy) is 12. The molecule has 120 heavy (non-hydrogen) atoms. The standard InChI is InChI=1S/4C24H38N2O4/c4*1-14(2)9-17-13-26-8-7-16-10-21(28-5)22(29-6)11-18(16)19(26)12-20(17)30-24(27)23(25)15(3)4/h4*10-11,14-15,17,19-20,23H,7-9,12-13,25H2,1-6H3/t17-,19-,20+,23+;3*17-,19-,20-,23-/m1000/s1/i1D3,5D3,9D2,14D;2*5D3;/t14?,17-,19-,20+,23+;3m. The molecule has 0 radical (unpaired) electrons. The summed E-state index contributed by atoms with van der Waals surface area (Å²) in [6, 6.07) is 12.0. The lowest BCUT2D eigenvalue weighted by atomic mass is 9.79. The first-order valence-corrected chi connectivity index (χ1v) is 43.5. The Balaban J connectivity index is 0.000000203. The number of rotatable bonds is 28. The van der Waals surface area contributed by atoms with Gasteiger partial charge in [0.2, 0.25) is 0 Å². The van der Waals surface area contributed by atoms with Gasteiger partial charge in [0, 0.05) is 134 Å². The van der Waals surface area contributed by atoms with Gasteiger partial charge in [0.25, 0.3) is 0 Å². The number of nitrogens with zero attached hydrogens (tertiary/aromatic N) is 4. The van der Waals surface area contributed by atoms with Gasteiger partial charge in [0.15, 0.2) is 46.0 Å². The van der Waals surface area contributed by atoms with E-state index in [-0.39, 0.29) is 132 Å². The molecular formula is C96H152N8O16. The third-order valence-corrected chi connectivity index (χ3v) is 25.6. The van der Waals surface area contributed by atoms with E-state index in [1.54, 1.807) is 52.3 Å². The highest BCUT2D eigenvalue weighted by Gasteiger charge is 2.47. The summed E-state index contributed by atoms with van der Waals surface area (Å²) in [5.41, 5.74) is 32.7. The molecule has 8 aliphatic heterocycles. The number of benzene rings is 4. The second-order valence-corrected chi connectivity index (χ2v) is 36.8. The fourth-order valence-electron chi connectivity index (χ4n) is 18.8. The van der Waals surface area contributed by atoms with Crippen molar-refractivity contribution in [1.29, 1.82) is 0 Å². The number of esters is 4. The van der Waals surface area contributed by atoms with Crippen molar-refractivity contribution < 1.29 is 96.6 Å². The van der Waals surface area contributed by atoms with Crippen LogP contribution >= 0.6 is 0 Å². The number of hydrogen-bond donors (Lipinski definition) is 4. The van der Waals surface area contributed by atoms with Crippen molar-refractivity contribution in [2.75, 3.05) is 109 Å². The predicted octanol–water partition coefficient (Wildman–Crippen LogP) is 14.3. The van der Waals surface area contributed by atoms with Crippen molar-refractivity contribution in [1.82, 2.24) is 19.6 Å². The van der Waals surface area contributed by atoms with Crippen LogP contribution in [-0.4, -0.2) is 201 Å². The smallest absolute Gasteiger partial charge is 0.323 e. The van der Waals surface area contributed by atoms with E-state index < -0.39 is 82.4 Å². The van der Waals surface area contributed by atoms with Gasteiger partial charge in [-0.3, -0.25) is 38.8 Å². The zero-order chi connectivity index (χ0) is 101. The van der Waals surface area contributed by atoms with Crippen molar-refractivity contribution >= 4 is 23.9 Å². The minimum absolute atomic E-state index is 0.0115. The second-order valence-electron chi connectivity index (χ2n) is 36.8. The van der Waals surface area contributed by atoms with Gasteiger partial charge in [0.1, 0.15) is 48.6 Å². The zero-order valence-electron chi connectivity index (χ0n) is 90.0. The minimum atomic E-state index is -2.93. The molecule has 0 spiro atoms. The maximum atomic E-state index is 12.9. The zero-order valence-corrected chi connectivity index (χ0v) is 75.0. The van der Waals surface area contributed by atoms with Crippen LogP contribution in [0.15, 0.2) is 48.5 Å². The molecule has 8 aliphatic rings. The second kappa shape index (κ2) is 43.9. The number of methoxy groups -OCH3 is 8. The van der Waals surface area contributed by atoms with Crippen molar-refractivity contribution in [3.8, 4) is 46.0 Å². The van der Waals surface area contributed by atoms with Crippen LogP contribution in [0, 0.1) is 71.0 Å². The minimum Gasteiger partial charge on any atom is -0.493 e. The third-order valence-electron chi connectivity index (χ3n) is 25.6. The van der Waals surface area contributed by atoms with Gasteiger partial charge >= 0.3 is 23.9 Å². The average molecular weight is 1690 g/mol. The molecule has 0 aromatic heterocycles. The molecule has 17 atom stereocenters. The Hall–Kier alpha value is -7.16. The first-order valence-electron chi connectivity index (χ1n) is 51.0. The number of hydrogen-bond acceptors (Lipinski definition) is 24. The number of fused-ring (bicyclic) bond motifs is 12. The van der Waals surface area contributed by atoms with Crippen LogP contribution in [0.5, 0.6) is 46.0 Å². The summed E-state index contributed by atoms with van der Waals surface area (Å²) in [4.78, 5) is 60.5. The molecule has 8 heterocycles. The topological polar surface area (TPSA) is 296 Å². The van der Waals surface area contributed by atoms with Crippen LogP contribution in [-0.2, 0) is 63.8 Å². The van der Waals surface area contributed by atoms with Crippen molar-refractivity contribution in [2.24, 2.45) is 93.9 Å². The number of piperidine rings is 4. The van der Waals surface area contributed by atoms with Crippen LogP contribution in [0.1, 0.15) is 251 Å². The first-order chi connectivity index (χ1) is 62.7. The molecule has 4 fully saturated rings. The Morgan fingerprint density at radius 3 is 0.783 bits per heavy atom. The predicted molar refractivity (Wildman–Crippen MR) is 471 cm³/mol. The summed E-state index contributed by atoms with van der Waals surface area (Å²) in [6.45, 7) is 32.3. The maximum absolute atomic E-state index is 12.9. The van der Waals surface area contributed by atoms with E-state index in [0.29, 0.717) is 61.0 Å². The first kappa shape index (κ1) is 76.5. The van der Waals surface area contributed by atoms with E-state index >= 15 is 0 Å². The van der Waals surface area contributed by atoms with Gasteiger partial charge in [-0.15, -0.1) is 0 Å². The largest absolute Gasteiger partial charge is 0.493 e. The van der Waals surface area contributed by atoms with Crippen LogP contribution in [0.3, 0.4) is 0 Å². The van der Waals surface area contributed by atoms with Gasteiger partial charge in [-0.25, -0.2) is 0 Å². The summed E-state index contributed by atoms with van der Waals surface area (Å²) in [7, 11) is -0.0321. The van der Waals surface area contributed by atoms with Crippen molar-refractivity contribution in [3.63, 3.8) is 0 Å². The highest BCUT2D eigenvalue weighted by Crippen LogP contribution is 2.50. The molecule has 4 aromatic carbocycles. The van der Waals surface area contributed by atoms with E-state index in [2.05, 4.69) is 68.4 Å². The highest BCUT2D eigenvalue weighted by molar-refractivity contribution is 5.77. The van der Waals surface area contributed by atoms with E-state index in [0.717, 1.165) is 136 Å². The van der Waals surface area contributed by atoms with Gasteiger partial charge < -0.3 is 79.8 Å². The molecule has 24 nitrogen and oxygen atoms in total. The van der Waals surface area contributed by atoms with Crippen molar-refractivity contribution in [2.45, 2.75) is 260 Å². The van der Waals surface area contributed by atoms with E-state index in [4.69, 9.17) is 100 Å². The number of carbonyl (C=O) groups excluding carboxylic acids is 4. The lowest BCUT2D eigenvalue weighted by Crippen LogP contribution is -2.51. The Morgan fingerprint density at radius 1 is 0.358 bits per heavy atom. The highest BCUT2D eigenvalue weighted by atomic mass is 16.6. The van der Waals surface area contributed by atoms with Gasteiger partial charge in [0.05, 0.1) is 69.0 Å². The molecule has 12 rings (SSSR count). The summed E-state index contributed by atoms with van der Waals surface area (Å²) in [5.74, 6) is -0.0710. The molecule has 8 N–H and O–H groups in total. The monoisotopic (exact) mass is 1690 g/mol. The summed E-state index contributed by atoms with van der Waals surface area (Å²) < 4.78 is 184. The van der Waals surface area contributed by atoms with Crippen LogP contribution in [0.2, 0.25) is 0 Å². The SMILES string of the molecule is COc1cc2c(cc1OC)[C@@H]1C[C@H](OC(=O)[C@@H](N)C(C)C)[C@@H](CC(C)C)CN1CC2.[2H]C([2H])([2H])Oc1cc2c(cc1OC)[C@@H]1C[C@H](OC(=O)[C@@H](N)C(C)C)[C@@H](CC(C)C)CN1CC2.[2H]C([2H])([2H])Oc1cc2c(cc1OC)[C@@H]1C[C@H](OC(=O)[C@@H](N)C(C)C)[C@@H](CC(C)C)CN1CC2.[2H]C([2H])([2H])Oc1cc2c(cc1OC)[C@H]1C[C@H](OC(=O)[C@@H](N)C(C)C)[C@H](C([2H])([2H])C([2H])(C)C([2H])([2H])[2H])CN1CC2. The van der Waals surface area contributed by atoms with Crippen LogP contribution in [0.25, 0.3) is 0 Å². The summed E-state index contributed by atoms with van der Waals surface area (Å²) in [5, 5.41) is 0. The lowest BCUT2D eigenvalue weighted by Gasteiger charge is -2.47.